The molecular weight excluding hydrogens is 288 g/mol. The molecule has 23 heavy (non-hydrogen) atoms. The largest absolute Gasteiger partial charge is 0.356 e. The smallest absolute Gasteiger partial charge is 0.155 e. The van der Waals surface area contributed by atoms with E-state index < -0.39 is 0 Å². The summed E-state index contributed by atoms with van der Waals surface area (Å²) in [6.07, 6.45) is 4.14. The summed E-state index contributed by atoms with van der Waals surface area (Å²) in [5.74, 6) is 1.56. The number of nitrogens with zero attached hydrogens (tertiary/aromatic N) is 4. The molecule has 0 aliphatic carbocycles. The number of nitrogens with one attached hydrogen (secondary N) is 1. The molecule has 3 N–H and O–H groups in total. The van der Waals surface area contributed by atoms with E-state index in [1.807, 2.05) is 24.3 Å². The van der Waals surface area contributed by atoms with Gasteiger partial charge in [-0.2, -0.15) is 5.10 Å². The molecule has 3 aromatic rings. The minimum absolute atomic E-state index is 0.560. The number of H-pyrrole nitrogens is 1. The summed E-state index contributed by atoms with van der Waals surface area (Å²) in [6, 6.07) is 10.0. The number of aromatic amines is 1. The zero-order valence-electron chi connectivity index (χ0n) is 12.9. The quantitative estimate of drug-likeness (QED) is 0.775. The second kappa shape index (κ2) is 5.96. The molecule has 1 saturated heterocycles. The Morgan fingerprint density at radius 2 is 2.22 bits per heavy atom. The Balaban J connectivity index is 1.69. The van der Waals surface area contributed by atoms with E-state index in [9.17, 15) is 0 Å². The Bertz CT molecular complexity index is 811. The van der Waals surface area contributed by atoms with Gasteiger partial charge in [0, 0.05) is 24.7 Å². The predicted octanol–water partition coefficient (Wildman–Crippen LogP) is 2.20. The average molecular weight is 308 g/mol. The van der Waals surface area contributed by atoms with Gasteiger partial charge < -0.3 is 10.6 Å². The van der Waals surface area contributed by atoms with Gasteiger partial charge in [0.2, 0.25) is 0 Å². The molecule has 0 spiro atoms. The molecule has 0 amide bonds. The van der Waals surface area contributed by atoms with Crippen LogP contribution in [0.1, 0.15) is 12.8 Å². The van der Waals surface area contributed by atoms with Crippen LogP contribution >= 0.6 is 0 Å². The molecule has 1 unspecified atom stereocenters. The number of hydrogen-bond donors (Lipinski definition) is 2. The summed E-state index contributed by atoms with van der Waals surface area (Å²) >= 11 is 0. The van der Waals surface area contributed by atoms with Gasteiger partial charge >= 0.3 is 0 Å². The highest BCUT2D eigenvalue weighted by Gasteiger charge is 2.20. The van der Waals surface area contributed by atoms with Gasteiger partial charge in [0.1, 0.15) is 11.5 Å². The summed E-state index contributed by atoms with van der Waals surface area (Å²) in [4.78, 5) is 11.5. The van der Waals surface area contributed by atoms with Gasteiger partial charge in [-0.3, -0.25) is 5.10 Å². The predicted molar refractivity (Wildman–Crippen MR) is 91.1 cm³/mol. The minimum Gasteiger partial charge on any atom is -0.356 e. The van der Waals surface area contributed by atoms with E-state index in [1.165, 1.54) is 12.8 Å². The van der Waals surface area contributed by atoms with Crippen molar-refractivity contribution in [3.8, 4) is 11.4 Å². The standard InChI is InChI=1S/C17H20N6/c18-10-12-4-3-9-23(11-12)15-7-1-6-14(20-15)16-13-5-2-8-19-17(13)22-21-16/h1-2,5-8,12H,3-4,9-11,18H2,(H,19,21,22). The van der Waals surface area contributed by atoms with E-state index in [2.05, 4.69) is 26.1 Å². The molecule has 4 heterocycles. The third kappa shape index (κ3) is 2.66. The van der Waals surface area contributed by atoms with Gasteiger partial charge in [0.25, 0.3) is 0 Å². The van der Waals surface area contributed by atoms with Crippen molar-refractivity contribution in [2.75, 3.05) is 24.5 Å². The molecule has 1 fully saturated rings. The van der Waals surface area contributed by atoms with Gasteiger partial charge in [-0.05, 0) is 49.6 Å². The number of piperidine rings is 1. The molecule has 0 aromatic carbocycles. The maximum atomic E-state index is 5.84. The van der Waals surface area contributed by atoms with E-state index in [0.29, 0.717) is 5.92 Å². The van der Waals surface area contributed by atoms with Crippen LogP contribution in [0.15, 0.2) is 36.5 Å². The van der Waals surface area contributed by atoms with Gasteiger partial charge in [-0.25, -0.2) is 9.97 Å². The van der Waals surface area contributed by atoms with E-state index in [4.69, 9.17) is 10.7 Å². The minimum atomic E-state index is 0.560. The third-order valence-corrected chi connectivity index (χ3v) is 4.49. The van der Waals surface area contributed by atoms with Crippen LogP contribution in [0.4, 0.5) is 5.82 Å². The van der Waals surface area contributed by atoms with Crippen molar-refractivity contribution >= 4 is 16.9 Å². The second-order valence-electron chi connectivity index (χ2n) is 6.04. The molecule has 4 rings (SSSR count). The number of pyridine rings is 2. The van der Waals surface area contributed by atoms with Crippen molar-refractivity contribution in [3.63, 3.8) is 0 Å². The first kappa shape index (κ1) is 14.1. The Hall–Kier alpha value is -2.47. The SMILES string of the molecule is NCC1CCCN(c2cccc(-c3n[nH]c4ncccc34)n2)C1. The molecule has 0 radical (unpaired) electrons. The molecule has 6 nitrogen and oxygen atoms in total. The highest BCUT2D eigenvalue weighted by molar-refractivity contribution is 5.89. The van der Waals surface area contributed by atoms with Crippen molar-refractivity contribution in [3.05, 3.63) is 36.5 Å². The Morgan fingerprint density at radius 1 is 1.26 bits per heavy atom. The van der Waals surface area contributed by atoms with Crippen LogP contribution in [0.2, 0.25) is 0 Å². The van der Waals surface area contributed by atoms with Crippen LogP contribution < -0.4 is 10.6 Å². The van der Waals surface area contributed by atoms with E-state index in [-0.39, 0.29) is 0 Å². The molecule has 6 heteroatoms. The van der Waals surface area contributed by atoms with Crippen molar-refractivity contribution in [1.29, 1.82) is 0 Å². The number of fused-ring (bicyclic) bond motifs is 1. The summed E-state index contributed by atoms with van der Waals surface area (Å²) < 4.78 is 0. The first-order valence-electron chi connectivity index (χ1n) is 8.06. The molecule has 118 valence electrons. The molecule has 1 aliphatic heterocycles. The topological polar surface area (TPSA) is 83.7 Å². The first-order chi connectivity index (χ1) is 11.3. The van der Waals surface area contributed by atoms with Crippen LogP contribution in [0.5, 0.6) is 0 Å². The Kier molecular flexibility index (Phi) is 3.67. The maximum Gasteiger partial charge on any atom is 0.155 e. The van der Waals surface area contributed by atoms with Gasteiger partial charge in [-0.15, -0.1) is 0 Å². The molecule has 3 aromatic heterocycles. The fourth-order valence-corrected chi connectivity index (χ4v) is 3.25. The van der Waals surface area contributed by atoms with Crippen LogP contribution in [0.25, 0.3) is 22.4 Å². The van der Waals surface area contributed by atoms with Gasteiger partial charge in [0.15, 0.2) is 5.65 Å². The van der Waals surface area contributed by atoms with E-state index in [1.54, 1.807) is 6.20 Å². The first-order valence-corrected chi connectivity index (χ1v) is 8.06. The number of rotatable bonds is 3. The monoisotopic (exact) mass is 308 g/mol. The molecule has 0 bridgehead atoms. The van der Waals surface area contributed by atoms with Crippen LogP contribution in [-0.2, 0) is 0 Å². The summed E-state index contributed by atoms with van der Waals surface area (Å²) in [5.41, 5.74) is 8.35. The highest BCUT2D eigenvalue weighted by atomic mass is 15.2. The second-order valence-corrected chi connectivity index (χ2v) is 6.04. The lowest BCUT2D eigenvalue weighted by molar-refractivity contribution is 0.422. The lowest BCUT2D eigenvalue weighted by Crippen LogP contribution is -2.38. The van der Waals surface area contributed by atoms with Crippen molar-refractivity contribution in [2.45, 2.75) is 12.8 Å². The summed E-state index contributed by atoms with van der Waals surface area (Å²) in [6.45, 7) is 2.76. The number of aromatic nitrogens is 4. The maximum absolute atomic E-state index is 5.84. The molecule has 0 saturated carbocycles. The fourth-order valence-electron chi connectivity index (χ4n) is 3.25. The normalized spacial score (nSPS) is 18.5. The highest BCUT2D eigenvalue weighted by Crippen LogP contribution is 2.27. The van der Waals surface area contributed by atoms with Gasteiger partial charge in [0.05, 0.1) is 5.69 Å². The van der Waals surface area contributed by atoms with E-state index in [0.717, 1.165) is 47.9 Å². The van der Waals surface area contributed by atoms with Crippen molar-refractivity contribution in [1.82, 2.24) is 20.2 Å². The number of anilines is 1. The zero-order chi connectivity index (χ0) is 15.6. The van der Waals surface area contributed by atoms with E-state index >= 15 is 0 Å². The molecule has 1 atom stereocenters. The lowest BCUT2D eigenvalue weighted by atomic mass is 9.98. The fraction of sp³-hybridized carbons (Fsp3) is 0.353. The molecular formula is C17H20N6. The van der Waals surface area contributed by atoms with Gasteiger partial charge in [-0.1, -0.05) is 6.07 Å². The van der Waals surface area contributed by atoms with Crippen LogP contribution in [-0.4, -0.2) is 39.8 Å². The van der Waals surface area contributed by atoms with Crippen molar-refractivity contribution < 1.29 is 0 Å². The Labute approximate surface area is 134 Å². The lowest BCUT2D eigenvalue weighted by Gasteiger charge is -2.33. The Morgan fingerprint density at radius 3 is 3.13 bits per heavy atom. The summed E-state index contributed by atoms with van der Waals surface area (Å²) in [7, 11) is 0. The summed E-state index contributed by atoms with van der Waals surface area (Å²) in [5, 5.41) is 8.36. The number of hydrogen-bond acceptors (Lipinski definition) is 5. The third-order valence-electron chi connectivity index (χ3n) is 4.49. The number of nitrogens with two attached hydrogens (primary N) is 1. The molecule has 1 aliphatic rings. The van der Waals surface area contributed by atoms with Crippen molar-refractivity contribution in [2.24, 2.45) is 11.7 Å². The average Bonchev–Trinajstić information content (AvgIpc) is 3.06. The zero-order valence-corrected chi connectivity index (χ0v) is 12.9. The van der Waals surface area contributed by atoms with Crippen LogP contribution in [0.3, 0.4) is 0 Å². The van der Waals surface area contributed by atoms with Crippen LogP contribution in [0, 0.1) is 5.92 Å².